The first-order valence-electron chi connectivity index (χ1n) is 5.75. The highest BCUT2D eigenvalue weighted by molar-refractivity contribution is 7.98. The molecule has 7 heteroatoms. The summed E-state index contributed by atoms with van der Waals surface area (Å²) >= 11 is 1.59. The smallest absolute Gasteiger partial charge is 0.222 e. The minimum atomic E-state index is 0.243. The van der Waals surface area contributed by atoms with E-state index in [4.69, 9.17) is 10.3 Å². The van der Waals surface area contributed by atoms with Crippen LogP contribution < -0.4 is 5.73 Å². The van der Waals surface area contributed by atoms with Crippen molar-refractivity contribution < 1.29 is 4.52 Å². The van der Waals surface area contributed by atoms with Gasteiger partial charge in [0.15, 0.2) is 5.16 Å². The molecule has 0 aromatic carbocycles. The minimum Gasteiger partial charge on any atom is -0.368 e. The number of nitrogens with two attached hydrogens (primary N) is 1. The second-order valence-electron chi connectivity index (χ2n) is 4.40. The Labute approximate surface area is 110 Å². The molecule has 0 atom stereocenters. The highest BCUT2D eigenvalue weighted by atomic mass is 32.2. The molecule has 18 heavy (non-hydrogen) atoms. The topological polar surface area (TPSA) is 82.8 Å². The van der Waals surface area contributed by atoms with Gasteiger partial charge in [0.25, 0.3) is 0 Å². The third-order valence-electron chi connectivity index (χ3n) is 2.73. The Morgan fingerprint density at radius 2 is 2.06 bits per heavy atom. The zero-order valence-electron chi connectivity index (χ0n) is 11.0. The molecule has 98 valence electrons. The molecule has 2 heterocycles. The summed E-state index contributed by atoms with van der Waals surface area (Å²) in [4.78, 5) is 0. The number of thioether (sulfide) groups is 1. The van der Waals surface area contributed by atoms with Gasteiger partial charge in [-0.05, 0) is 27.7 Å². The van der Waals surface area contributed by atoms with Crippen molar-refractivity contribution in [3.8, 4) is 0 Å². The number of nitrogens with zero attached hydrogens (tertiary/aromatic N) is 4. The number of rotatable bonds is 4. The molecule has 6 nitrogen and oxygen atoms in total. The molecule has 0 aliphatic heterocycles. The minimum absolute atomic E-state index is 0.243. The molecule has 0 spiro atoms. The van der Waals surface area contributed by atoms with Gasteiger partial charge in [-0.2, -0.15) is 0 Å². The Hall–Kier alpha value is -1.50. The highest BCUT2D eigenvalue weighted by Crippen LogP contribution is 2.27. The number of hydrogen-bond acceptors (Lipinski definition) is 6. The van der Waals surface area contributed by atoms with E-state index in [1.807, 2.05) is 18.4 Å². The van der Waals surface area contributed by atoms with Crippen LogP contribution in [0.15, 0.2) is 9.68 Å². The summed E-state index contributed by atoms with van der Waals surface area (Å²) in [7, 11) is 0. The van der Waals surface area contributed by atoms with Crippen LogP contribution in [0.4, 0.5) is 5.95 Å². The van der Waals surface area contributed by atoms with Gasteiger partial charge in [-0.15, -0.1) is 10.2 Å². The van der Waals surface area contributed by atoms with Crippen LogP contribution in [0.1, 0.15) is 36.9 Å². The maximum absolute atomic E-state index is 5.80. The molecule has 2 aromatic heterocycles. The van der Waals surface area contributed by atoms with Crippen LogP contribution in [0.5, 0.6) is 0 Å². The molecule has 2 rings (SSSR count). The van der Waals surface area contributed by atoms with E-state index in [1.165, 1.54) is 0 Å². The molecule has 0 fully saturated rings. The Kier molecular flexibility index (Phi) is 3.60. The molecule has 0 unspecified atom stereocenters. The van der Waals surface area contributed by atoms with Crippen molar-refractivity contribution in [3.63, 3.8) is 0 Å². The molecule has 0 aliphatic carbocycles. The lowest BCUT2D eigenvalue weighted by Gasteiger charge is -2.10. The molecule has 0 amide bonds. The molecule has 0 saturated carbocycles. The van der Waals surface area contributed by atoms with Gasteiger partial charge in [-0.25, -0.2) is 0 Å². The average Bonchev–Trinajstić information content (AvgIpc) is 2.81. The normalized spacial score (nSPS) is 11.4. The fraction of sp³-hybridized carbons (Fsp3) is 0.545. The van der Waals surface area contributed by atoms with Crippen molar-refractivity contribution in [2.45, 2.75) is 44.6 Å². The van der Waals surface area contributed by atoms with Crippen molar-refractivity contribution in [2.24, 2.45) is 0 Å². The molecular weight excluding hydrogens is 250 g/mol. The lowest BCUT2D eigenvalue weighted by molar-refractivity contribution is 0.392. The fourth-order valence-electron chi connectivity index (χ4n) is 1.72. The van der Waals surface area contributed by atoms with Crippen LogP contribution in [0.2, 0.25) is 0 Å². The third-order valence-corrected chi connectivity index (χ3v) is 3.70. The number of aromatic nitrogens is 4. The first kappa shape index (κ1) is 12.9. The van der Waals surface area contributed by atoms with E-state index in [0.29, 0.717) is 5.95 Å². The van der Waals surface area contributed by atoms with E-state index in [0.717, 1.165) is 27.9 Å². The third kappa shape index (κ3) is 2.35. The molecule has 0 saturated heterocycles. The number of hydrogen-bond donors (Lipinski definition) is 1. The Morgan fingerprint density at radius 3 is 2.61 bits per heavy atom. The van der Waals surface area contributed by atoms with E-state index in [2.05, 4.69) is 29.2 Å². The monoisotopic (exact) mass is 267 g/mol. The quantitative estimate of drug-likeness (QED) is 0.856. The van der Waals surface area contributed by atoms with Gasteiger partial charge >= 0.3 is 0 Å². The van der Waals surface area contributed by atoms with Crippen molar-refractivity contribution in [1.82, 2.24) is 19.9 Å². The molecule has 2 N–H and O–H groups in total. The summed E-state index contributed by atoms with van der Waals surface area (Å²) in [6.45, 7) is 7.96. The van der Waals surface area contributed by atoms with Crippen molar-refractivity contribution in [2.75, 3.05) is 5.73 Å². The Bertz CT molecular complexity index is 526. The predicted molar refractivity (Wildman–Crippen MR) is 70.4 cm³/mol. The van der Waals surface area contributed by atoms with E-state index in [9.17, 15) is 0 Å². The summed E-state index contributed by atoms with van der Waals surface area (Å²) in [6.07, 6.45) is 0. The van der Waals surface area contributed by atoms with E-state index >= 15 is 0 Å². The number of aryl methyl sites for hydroxylation is 2. The average molecular weight is 267 g/mol. The standard InChI is InChI=1S/C11H17N5OS/c1-6(2)16-10(12)13-14-11(16)18-5-9-7(3)15-17-8(9)4/h6H,5H2,1-4H3,(H2,12,13). The zero-order chi connectivity index (χ0) is 13.3. The maximum atomic E-state index is 5.80. The van der Waals surface area contributed by atoms with Crippen LogP contribution >= 0.6 is 11.8 Å². The van der Waals surface area contributed by atoms with Crippen LogP contribution in [-0.2, 0) is 5.75 Å². The maximum Gasteiger partial charge on any atom is 0.222 e. The van der Waals surface area contributed by atoms with Gasteiger partial charge in [0.05, 0.1) is 5.69 Å². The van der Waals surface area contributed by atoms with Crippen LogP contribution in [0.25, 0.3) is 0 Å². The van der Waals surface area contributed by atoms with Gasteiger partial charge in [-0.3, -0.25) is 4.57 Å². The van der Waals surface area contributed by atoms with Crippen LogP contribution in [0, 0.1) is 13.8 Å². The first-order valence-corrected chi connectivity index (χ1v) is 6.74. The lowest BCUT2D eigenvalue weighted by atomic mass is 10.2. The zero-order valence-corrected chi connectivity index (χ0v) is 11.8. The molecular formula is C11H17N5OS. The summed E-state index contributed by atoms with van der Waals surface area (Å²) in [5, 5.41) is 12.8. The number of nitrogen functional groups attached to an aromatic ring is 1. The first-order chi connectivity index (χ1) is 8.50. The summed E-state index contributed by atoms with van der Waals surface area (Å²) in [6, 6.07) is 0.243. The van der Waals surface area contributed by atoms with Gasteiger partial charge in [0.1, 0.15) is 5.76 Å². The molecule has 0 radical (unpaired) electrons. The van der Waals surface area contributed by atoms with Gasteiger partial charge in [0.2, 0.25) is 5.95 Å². The van der Waals surface area contributed by atoms with Crippen molar-refractivity contribution >= 4 is 17.7 Å². The molecule has 2 aromatic rings. The van der Waals surface area contributed by atoms with Crippen molar-refractivity contribution in [3.05, 3.63) is 17.0 Å². The van der Waals surface area contributed by atoms with Crippen LogP contribution in [-0.4, -0.2) is 19.9 Å². The number of anilines is 1. The SMILES string of the molecule is Cc1noc(C)c1CSc1nnc(N)n1C(C)C. The summed E-state index contributed by atoms with van der Waals surface area (Å²) in [5.74, 6) is 2.06. The van der Waals surface area contributed by atoms with Crippen molar-refractivity contribution in [1.29, 1.82) is 0 Å². The van der Waals surface area contributed by atoms with Gasteiger partial charge in [-0.1, -0.05) is 16.9 Å². The second kappa shape index (κ2) is 5.01. The van der Waals surface area contributed by atoms with E-state index in [1.54, 1.807) is 11.8 Å². The molecule has 0 aliphatic rings. The molecule has 0 bridgehead atoms. The van der Waals surface area contributed by atoms with E-state index < -0.39 is 0 Å². The van der Waals surface area contributed by atoms with Gasteiger partial charge < -0.3 is 10.3 Å². The predicted octanol–water partition coefficient (Wildman–Crippen LogP) is 2.34. The van der Waals surface area contributed by atoms with Gasteiger partial charge in [0, 0.05) is 17.4 Å². The Balaban J connectivity index is 2.16. The summed E-state index contributed by atoms with van der Waals surface area (Å²) in [5.41, 5.74) is 7.82. The highest BCUT2D eigenvalue weighted by Gasteiger charge is 2.15. The largest absolute Gasteiger partial charge is 0.368 e. The van der Waals surface area contributed by atoms with E-state index in [-0.39, 0.29) is 6.04 Å². The van der Waals surface area contributed by atoms with Crippen LogP contribution in [0.3, 0.4) is 0 Å². The summed E-state index contributed by atoms with van der Waals surface area (Å²) < 4.78 is 7.06. The second-order valence-corrected chi connectivity index (χ2v) is 5.34. The lowest BCUT2D eigenvalue weighted by Crippen LogP contribution is -2.07. The fourth-order valence-corrected chi connectivity index (χ4v) is 2.94. The Morgan fingerprint density at radius 1 is 1.33 bits per heavy atom.